The normalized spacial score (nSPS) is 10.8. The van der Waals surface area contributed by atoms with Crippen molar-refractivity contribution < 1.29 is 9.18 Å². The van der Waals surface area contributed by atoms with E-state index >= 15 is 0 Å². The molecule has 0 fully saturated rings. The molecule has 1 N–H and O–H groups in total. The average molecular weight is 311 g/mol. The summed E-state index contributed by atoms with van der Waals surface area (Å²) in [5, 5.41) is 4.46. The molecule has 0 saturated carbocycles. The van der Waals surface area contributed by atoms with E-state index in [-0.39, 0.29) is 16.4 Å². The molecule has 2 aromatic carbocycles. The smallest absolute Gasteiger partial charge is 0.267 e. The van der Waals surface area contributed by atoms with Crippen molar-refractivity contribution in [2.24, 2.45) is 5.10 Å². The third kappa shape index (κ3) is 3.79. The highest BCUT2D eigenvalue weighted by Crippen LogP contribution is 2.20. The molecule has 1 amide bonds. The second-order valence-corrected chi connectivity index (χ2v) is 4.72. The molecule has 0 aliphatic heterocycles. The molecule has 0 aliphatic rings. The fourth-order valence-corrected chi connectivity index (χ4v) is 1.94. The van der Waals surface area contributed by atoms with Crippen molar-refractivity contribution in [3.63, 3.8) is 0 Å². The van der Waals surface area contributed by atoms with Crippen LogP contribution in [0.2, 0.25) is 10.0 Å². The first-order valence-corrected chi connectivity index (χ1v) is 6.36. The van der Waals surface area contributed by atoms with Gasteiger partial charge >= 0.3 is 0 Å². The van der Waals surface area contributed by atoms with Crippen LogP contribution in [0, 0.1) is 5.82 Å². The summed E-state index contributed by atoms with van der Waals surface area (Å²) in [5.41, 5.74) is 3.26. The number of hydrogen-bond acceptors (Lipinski definition) is 2. The van der Waals surface area contributed by atoms with Crippen molar-refractivity contribution in [3.05, 3.63) is 69.5 Å². The molecule has 0 saturated heterocycles. The molecule has 0 aromatic heterocycles. The van der Waals surface area contributed by atoms with Crippen LogP contribution in [-0.4, -0.2) is 12.1 Å². The van der Waals surface area contributed by atoms with Crippen LogP contribution in [-0.2, 0) is 0 Å². The van der Waals surface area contributed by atoms with Gasteiger partial charge in [-0.15, -0.1) is 0 Å². The van der Waals surface area contributed by atoms with E-state index in [0.29, 0.717) is 10.6 Å². The molecule has 0 bridgehead atoms. The molecule has 3 nitrogen and oxygen atoms in total. The molecular formula is C14H9Cl2FN2O. The molecule has 0 aliphatic carbocycles. The summed E-state index contributed by atoms with van der Waals surface area (Å²) in [6.45, 7) is 0. The summed E-state index contributed by atoms with van der Waals surface area (Å²) in [4.78, 5) is 11.8. The summed E-state index contributed by atoms with van der Waals surface area (Å²) < 4.78 is 12.7. The van der Waals surface area contributed by atoms with Crippen molar-refractivity contribution in [1.29, 1.82) is 0 Å². The first-order chi connectivity index (χ1) is 9.56. The molecule has 102 valence electrons. The maximum Gasteiger partial charge on any atom is 0.272 e. The van der Waals surface area contributed by atoms with Crippen molar-refractivity contribution in [2.45, 2.75) is 0 Å². The van der Waals surface area contributed by atoms with Gasteiger partial charge < -0.3 is 0 Å². The Morgan fingerprint density at radius 2 is 1.85 bits per heavy atom. The van der Waals surface area contributed by atoms with Crippen LogP contribution in [0.15, 0.2) is 47.6 Å². The second-order valence-electron chi connectivity index (χ2n) is 3.87. The SMILES string of the molecule is O=C(N/N=C\c1ccc(F)cc1)c1ccc(Cl)cc1Cl. The highest BCUT2D eigenvalue weighted by molar-refractivity contribution is 6.36. The van der Waals surface area contributed by atoms with Crippen LogP contribution in [0.3, 0.4) is 0 Å². The van der Waals surface area contributed by atoms with E-state index in [1.54, 1.807) is 18.2 Å². The second kappa shape index (κ2) is 6.50. The maximum absolute atomic E-state index is 12.7. The number of halogens is 3. The first-order valence-electron chi connectivity index (χ1n) is 5.60. The summed E-state index contributed by atoms with van der Waals surface area (Å²) in [6, 6.07) is 10.2. The lowest BCUT2D eigenvalue weighted by Gasteiger charge is -2.02. The van der Waals surface area contributed by atoms with Crippen LogP contribution >= 0.6 is 23.2 Å². The van der Waals surface area contributed by atoms with Crippen LogP contribution < -0.4 is 5.43 Å². The average Bonchev–Trinajstić information content (AvgIpc) is 2.41. The number of nitrogens with one attached hydrogen (secondary N) is 1. The highest BCUT2D eigenvalue weighted by Gasteiger charge is 2.09. The van der Waals surface area contributed by atoms with Crippen LogP contribution in [0.4, 0.5) is 4.39 Å². The number of nitrogens with zero attached hydrogens (tertiary/aromatic N) is 1. The Morgan fingerprint density at radius 1 is 1.15 bits per heavy atom. The third-order valence-corrected chi connectivity index (χ3v) is 2.97. The van der Waals surface area contributed by atoms with E-state index in [1.807, 2.05) is 0 Å². The standard InChI is InChI=1S/C14H9Cl2FN2O/c15-10-3-6-12(13(16)7-10)14(20)19-18-8-9-1-4-11(17)5-2-9/h1-8H,(H,19,20)/b18-8-. The van der Waals surface area contributed by atoms with Crippen molar-refractivity contribution in [3.8, 4) is 0 Å². The van der Waals surface area contributed by atoms with E-state index in [0.717, 1.165) is 0 Å². The van der Waals surface area contributed by atoms with E-state index in [9.17, 15) is 9.18 Å². The minimum absolute atomic E-state index is 0.243. The van der Waals surface area contributed by atoms with Gasteiger partial charge in [0.15, 0.2) is 0 Å². The van der Waals surface area contributed by atoms with Gasteiger partial charge in [0, 0.05) is 5.02 Å². The Hall–Kier alpha value is -1.91. The van der Waals surface area contributed by atoms with Gasteiger partial charge in [0.05, 0.1) is 16.8 Å². The molecule has 2 rings (SSSR count). The van der Waals surface area contributed by atoms with Gasteiger partial charge in [-0.2, -0.15) is 5.10 Å². The summed E-state index contributed by atoms with van der Waals surface area (Å²) in [5.74, 6) is -0.788. The predicted molar refractivity (Wildman–Crippen MR) is 77.9 cm³/mol. The molecule has 20 heavy (non-hydrogen) atoms. The van der Waals surface area contributed by atoms with Gasteiger partial charge in [0.25, 0.3) is 5.91 Å². The fourth-order valence-electron chi connectivity index (χ4n) is 1.45. The lowest BCUT2D eigenvalue weighted by molar-refractivity contribution is 0.0955. The van der Waals surface area contributed by atoms with Crippen molar-refractivity contribution >= 4 is 35.3 Å². The van der Waals surface area contributed by atoms with E-state index in [4.69, 9.17) is 23.2 Å². The Kier molecular flexibility index (Phi) is 4.71. The van der Waals surface area contributed by atoms with Crippen molar-refractivity contribution in [1.82, 2.24) is 5.43 Å². The number of hydrogen-bond donors (Lipinski definition) is 1. The van der Waals surface area contributed by atoms with Gasteiger partial charge in [-0.05, 0) is 35.9 Å². The molecule has 6 heteroatoms. The summed E-state index contributed by atoms with van der Waals surface area (Å²) >= 11 is 11.6. The molecule has 0 radical (unpaired) electrons. The fraction of sp³-hybridized carbons (Fsp3) is 0. The number of carbonyl (C=O) groups excluding carboxylic acids is 1. The van der Waals surface area contributed by atoms with Gasteiger partial charge in [0.2, 0.25) is 0 Å². The van der Waals surface area contributed by atoms with E-state index < -0.39 is 5.91 Å². The molecular weight excluding hydrogens is 302 g/mol. The maximum atomic E-state index is 12.7. The zero-order valence-electron chi connectivity index (χ0n) is 10.1. The van der Waals surface area contributed by atoms with Crippen LogP contribution in [0.5, 0.6) is 0 Å². The Bertz CT molecular complexity index is 657. The zero-order chi connectivity index (χ0) is 14.5. The predicted octanol–water partition coefficient (Wildman–Crippen LogP) is 3.90. The molecule has 2 aromatic rings. The van der Waals surface area contributed by atoms with Crippen molar-refractivity contribution in [2.75, 3.05) is 0 Å². The number of hydrazone groups is 1. The van der Waals surface area contributed by atoms with Crippen LogP contribution in [0.25, 0.3) is 0 Å². The van der Waals surface area contributed by atoms with Gasteiger partial charge in [0.1, 0.15) is 5.82 Å². The zero-order valence-corrected chi connectivity index (χ0v) is 11.6. The molecule has 0 unspecified atom stereocenters. The first kappa shape index (κ1) is 14.5. The Labute approximate surface area is 125 Å². The van der Waals surface area contributed by atoms with E-state index in [2.05, 4.69) is 10.5 Å². The largest absolute Gasteiger partial charge is 0.272 e. The summed E-state index contributed by atoms with van der Waals surface area (Å²) in [6.07, 6.45) is 1.40. The Morgan fingerprint density at radius 3 is 2.50 bits per heavy atom. The van der Waals surface area contributed by atoms with Gasteiger partial charge in [-0.25, -0.2) is 9.82 Å². The molecule has 0 spiro atoms. The highest BCUT2D eigenvalue weighted by atomic mass is 35.5. The number of carbonyl (C=O) groups is 1. The van der Waals surface area contributed by atoms with E-state index in [1.165, 1.54) is 30.5 Å². The monoisotopic (exact) mass is 310 g/mol. The number of benzene rings is 2. The minimum atomic E-state index is -0.454. The third-order valence-electron chi connectivity index (χ3n) is 2.43. The topological polar surface area (TPSA) is 41.5 Å². The Balaban J connectivity index is 2.03. The quantitative estimate of drug-likeness (QED) is 0.678. The summed E-state index contributed by atoms with van der Waals surface area (Å²) in [7, 11) is 0. The van der Waals surface area contributed by atoms with Gasteiger partial charge in [-0.3, -0.25) is 4.79 Å². The lowest BCUT2D eigenvalue weighted by atomic mass is 10.2. The lowest BCUT2D eigenvalue weighted by Crippen LogP contribution is -2.18. The molecule has 0 atom stereocenters. The van der Waals surface area contributed by atoms with Gasteiger partial charge in [-0.1, -0.05) is 35.3 Å². The number of rotatable bonds is 3. The molecule has 0 heterocycles. The number of amides is 1. The minimum Gasteiger partial charge on any atom is -0.267 e. The van der Waals surface area contributed by atoms with Crippen LogP contribution in [0.1, 0.15) is 15.9 Å².